The number of hydrogen-bond acceptors (Lipinski definition) is 2. The van der Waals surface area contributed by atoms with E-state index in [-0.39, 0.29) is 5.57 Å². The lowest BCUT2D eigenvalue weighted by atomic mass is 10.0. The second-order valence-electron chi connectivity index (χ2n) is 6.76. The average Bonchev–Trinajstić information content (AvgIpc) is 2.80. The van der Waals surface area contributed by atoms with E-state index in [2.05, 4.69) is 0 Å². The lowest BCUT2D eigenvalue weighted by Crippen LogP contribution is -1.99. The van der Waals surface area contributed by atoms with Crippen LogP contribution in [0.3, 0.4) is 0 Å². The Labute approximate surface area is 175 Å². The highest BCUT2D eigenvalue weighted by Gasteiger charge is 2.10. The zero-order valence-electron chi connectivity index (χ0n) is 16.2. The lowest BCUT2D eigenvalue weighted by molar-refractivity contribution is -0.130. The predicted molar refractivity (Wildman–Crippen MR) is 120 cm³/mol. The van der Waals surface area contributed by atoms with Crippen LogP contribution in [0.25, 0.3) is 22.8 Å². The van der Waals surface area contributed by atoms with Crippen LogP contribution in [0.2, 0.25) is 0 Å². The largest absolute Gasteiger partial charge is 0.478 e. The molecule has 0 unspecified atom stereocenters. The topological polar surface area (TPSA) is 46.5 Å². The van der Waals surface area contributed by atoms with Crippen molar-refractivity contribution in [3.63, 3.8) is 0 Å². The van der Waals surface area contributed by atoms with Gasteiger partial charge in [-0.3, -0.25) is 0 Å². The molecule has 0 aromatic heterocycles. The summed E-state index contributed by atoms with van der Waals surface area (Å²) in [6.07, 6.45) is 1.67. The number of carboxylic acids is 1. The minimum atomic E-state index is -0.960. The molecule has 0 amide bonds. The van der Waals surface area contributed by atoms with Gasteiger partial charge >= 0.3 is 5.97 Å². The molecule has 4 aromatic rings. The van der Waals surface area contributed by atoms with Crippen LogP contribution in [-0.4, -0.2) is 11.1 Å². The van der Waals surface area contributed by atoms with Crippen molar-refractivity contribution < 1.29 is 14.6 Å². The van der Waals surface area contributed by atoms with Crippen LogP contribution in [0.4, 0.5) is 0 Å². The van der Waals surface area contributed by atoms with Gasteiger partial charge in [-0.05, 0) is 41.0 Å². The summed E-state index contributed by atoms with van der Waals surface area (Å²) >= 11 is 0. The molecule has 0 aliphatic heterocycles. The van der Waals surface area contributed by atoms with E-state index in [1.165, 1.54) is 0 Å². The molecule has 3 heteroatoms. The Hall–Kier alpha value is -4.11. The van der Waals surface area contributed by atoms with Crippen LogP contribution in [0.15, 0.2) is 109 Å². The Morgan fingerprint density at radius 1 is 0.700 bits per heavy atom. The third-order valence-corrected chi connectivity index (χ3v) is 4.71. The van der Waals surface area contributed by atoms with Crippen molar-refractivity contribution in [3.05, 3.63) is 120 Å². The molecule has 4 aromatic carbocycles. The van der Waals surface area contributed by atoms with E-state index in [0.29, 0.717) is 11.3 Å². The van der Waals surface area contributed by atoms with Crippen molar-refractivity contribution >= 4 is 17.6 Å². The first-order valence-corrected chi connectivity index (χ1v) is 9.63. The Kier molecular flexibility index (Phi) is 5.72. The lowest BCUT2D eigenvalue weighted by Gasteiger charge is -2.11. The van der Waals surface area contributed by atoms with Gasteiger partial charge in [-0.2, -0.15) is 0 Å². The Morgan fingerprint density at radius 2 is 1.30 bits per heavy atom. The third-order valence-electron chi connectivity index (χ3n) is 4.71. The number of para-hydroxylation sites is 1. The summed E-state index contributed by atoms with van der Waals surface area (Å²) in [6, 6.07) is 34.5. The van der Waals surface area contributed by atoms with Gasteiger partial charge in [-0.1, -0.05) is 91.0 Å². The van der Waals surface area contributed by atoms with Gasteiger partial charge in [-0.15, -0.1) is 0 Å². The minimum absolute atomic E-state index is 0.249. The zero-order chi connectivity index (χ0) is 20.8. The number of benzene rings is 4. The molecule has 0 fully saturated rings. The van der Waals surface area contributed by atoms with Crippen molar-refractivity contribution in [3.8, 4) is 22.6 Å². The number of aliphatic carboxylic acids is 1. The number of ether oxygens (including phenoxy) is 1. The third kappa shape index (κ3) is 4.47. The molecular weight excluding hydrogens is 372 g/mol. The highest BCUT2D eigenvalue weighted by molar-refractivity contribution is 6.20. The fraction of sp³-hybridized carbons (Fsp3) is 0. The van der Waals surface area contributed by atoms with Crippen molar-refractivity contribution in [1.29, 1.82) is 0 Å². The minimum Gasteiger partial charge on any atom is -0.478 e. The van der Waals surface area contributed by atoms with Gasteiger partial charge in [0.2, 0.25) is 0 Å². The first-order chi connectivity index (χ1) is 14.7. The highest BCUT2D eigenvalue weighted by Crippen LogP contribution is 2.33. The van der Waals surface area contributed by atoms with Gasteiger partial charge in [0.15, 0.2) is 0 Å². The van der Waals surface area contributed by atoms with Crippen LogP contribution >= 0.6 is 0 Å². The average molecular weight is 392 g/mol. The molecule has 146 valence electrons. The van der Waals surface area contributed by atoms with Crippen molar-refractivity contribution in [2.24, 2.45) is 0 Å². The molecule has 0 saturated heterocycles. The van der Waals surface area contributed by atoms with Gasteiger partial charge in [-0.25, -0.2) is 4.79 Å². The van der Waals surface area contributed by atoms with Gasteiger partial charge in [0, 0.05) is 5.56 Å². The molecule has 0 atom stereocenters. The normalized spacial score (nSPS) is 11.1. The van der Waals surface area contributed by atoms with Crippen molar-refractivity contribution in [2.45, 2.75) is 0 Å². The maximum absolute atomic E-state index is 11.7. The Bertz CT molecular complexity index is 1160. The molecule has 30 heavy (non-hydrogen) atoms. The summed E-state index contributed by atoms with van der Waals surface area (Å²) in [4.78, 5) is 11.7. The van der Waals surface area contributed by atoms with Crippen molar-refractivity contribution in [2.75, 3.05) is 0 Å². The highest BCUT2D eigenvalue weighted by atomic mass is 16.5. The Balaban J connectivity index is 1.59. The first kappa shape index (κ1) is 19.2. The summed E-state index contributed by atoms with van der Waals surface area (Å²) in [5.41, 5.74) is 3.81. The van der Waals surface area contributed by atoms with Crippen molar-refractivity contribution in [1.82, 2.24) is 0 Å². The SMILES string of the molecule is O=C(O)/C(=C\c1ccc(Oc2ccccc2-c2ccccc2)cc1)c1ccccc1. The molecular formula is C27H20O3. The van der Waals surface area contributed by atoms with Crippen LogP contribution in [0, 0.1) is 0 Å². The van der Waals surface area contributed by atoms with Gasteiger partial charge in [0.05, 0.1) is 5.57 Å². The predicted octanol–water partition coefficient (Wildman–Crippen LogP) is 6.77. The van der Waals surface area contributed by atoms with Crippen LogP contribution < -0.4 is 4.74 Å². The molecule has 0 aliphatic carbocycles. The molecule has 0 aliphatic rings. The summed E-state index contributed by atoms with van der Waals surface area (Å²) in [6.45, 7) is 0. The molecule has 3 nitrogen and oxygen atoms in total. The fourth-order valence-electron chi connectivity index (χ4n) is 3.22. The second-order valence-corrected chi connectivity index (χ2v) is 6.76. The number of carbonyl (C=O) groups is 1. The van der Waals surface area contributed by atoms with E-state index in [0.717, 1.165) is 22.4 Å². The number of hydrogen-bond donors (Lipinski definition) is 1. The molecule has 0 spiro atoms. The first-order valence-electron chi connectivity index (χ1n) is 9.63. The quantitative estimate of drug-likeness (QED) is 0.291. The number of carboxylic acid groups (broad SMARTS) is 1. The summed E-state index contributed by atoms with van der Waals surface area (Å²) < 4.78 is 6.12. The smallest absolute Gasteiger partial charge is 0.336 e. The fourth-order valence-corrected chi connectivity index (χ4v) is 3.22. The standard InChI is InChI=1S/C27H20O3/c28-27(29)25(22-11-5-2-6-12-22)19-20-15-17-23(18-16-20)30-26-14-8-7-13-24(26)21-9-3-1-4-10-21/h1-19H,(H,28,29)/b25-19-. The monoisotopic (exact) mass is 392 g/mol. The number of rotatable bonds is 6. The van der Waals surface area contributed by atoms with Crippen LogP contribution in [0.1, 0.15) is 11.1 Å². The van der Waals surface area contributed by atoms with E-state index < -0.39 is 5.97 Å². The van der Waals surface area contributed by atoms with Crippen LogP contribution in [0.5, 0.6) is 11.5 Å². The molecule has 4 rings (SSSR count). The van der Waals surface area contributed by atoms with E-state index in [1.54, 1.807) is 18.2 Å². The van der Waals surface area contributed by atoms with Crippen LogP contribution in [-0.2, 0) is 4.79 Å². The van der Waals surface area contributed by atoms with Gasteiger partial charge < -0.3 is 9.84 Å². The maximum atomic E-state index is 11.7. The summed E-state index contributed by atoms with van der Waals surface area (Å²) in [7, 11) is 0. The summed E-state index contributed by atoms with van der Waals surface area (Å²) in [5.74, 6) is 0.493. The Morgan fingerprint density at radius 3 is 1.97 bits per heavy atom. The van der Waals surface area contributed by atoms with Gasteiger partial charge in [0.1, 0.15) is 11.5 Å². The molecule has 0 saturated carbocycles. The zero-order valence-corrected chi connectivity index (χ0v) is 16.2. The molecule has 0 bridgehead atoms. The van der Waals surface area contributed by atoms with E-state index in [1.807, 2.05) is 97.1 Å². The molecule has 0 heterocycles. The molecule has 0 radical (unpaired) electrons. The van der Waals surface area contributed by atoms with E-state index >= 15 is 0 Å². The molecule has 1 N–H and O–H groups in total. The summed E-state index contributed by atoms with van der Waals surface area (Å²) in [5, 5.41) is 9.58. The maximum Gasteiger partial charge on any atom is 0.336 e. The van der Waals surface area contributed by atoms with Gasteiger partial charge in [0.25, 0.3) is 0 Å². The van der Waals surface area contributed by atoms with E-state index in [9.17, 15) is 9.90 Å². The second kappa shape index (κ2) is 8.93. The van der Waals surface area contributed by atoms with E-state index in [4.69, 9.17) is 4.74 Å².